The highest BCUT2D eigenvalue weighted by Crippen LogP contribution is 2.34. The van der Waals surface area contributed by atoms with Gasteiger partial charge in [-0.25, -0.2) is 8.78 Å². The first kappa shape index (κ1) is 24.9. The van der Waals surface area contributed by atoms with Gasteiger partial charge in [-0.15, -0.1) is 0 Å². The van der Waals surface area contributed by atoms with Gasteiger partial charge in [0.25, 0.3) is 0 Å². The number of amides is 1. The Morgan fingerprint density at radius 2 is 1.83 bits per heavy atom. The normalized spacial score (nSPS) is 10.8. The minimum atomic E-state index is -1.17. The Bertz CT molecular complexity index is 1490. The third-order valence-corrected chi connectivity index (χ3v) is 5.76. The lowest BCUT2D eigenvalue weighted by Crippen LogP contribution is -2.10. The molecular weight excluding hydrogens is 494 g/mol. The molecule has 10 heteroatoms. The van der Waals surface area contributed by atoms with Crippen LogP contribution in [0.3, 0.4) is 0 Å². The molecule has 2 aromatic heterocycles. The summed E-state index contributed by atoms with van der Waals surface area (Å²) in [5, 5.41) is 3.59. The van der Waals surface area contributed by atoms with Crippen LogP contribution in [0.15, 0.2) is 59.7 Å². The topological polar surface area (TPSA) is 90.7 Å². The van der Waals surface area contributed by atoms with Crippen LogP contribution in [0.4, 0.5) is 14.5 Å². The molecule has 0 aliphatic heterocycles. The Morgan fingerprint density at radius 1 is 1.14 bits per heavy atom. The van der Waals surface area contributed by atoms with Crippen LogP contribution < -0.4 is 14.8 Å². The number of methoxy groups -OCH3 is 2. The molecule has 0 saturated carbocycles. The first-order valence-corrected chi connectivity index (χ1v) is 10.9. The maximum atomic E-state index is 14.8. The van der Waals surface area contributed by atoms with Crippen LogP contribution in [-0.4, -0.2) is 30.9 Å². The van der Waals surface area contributed by atoms with Crippen molar-refractivity contribution in [2.45, 2.75) is 6.42 Å². The summed E-state index contributed by atoms with van der Waals surface area (Å²) in [7, 11) is 2.37. The molecule has 2 aromatic carbocycles. The second kappa shape index (κ2) is 10.2. The number of carbonyl (C=O) groups is 2. The van der Waals surface area contributed by atoms with Crippen LogP contribution in [0.2, 0.25) is 5.02 Å². The maximum Gasteiger partial charge on any atom is 0.247 e. The van der Waals surface area contributed by atoms with E-state index in [1.807, 2.05) is 0 Å². The number of nitrogens with zero attached hydrogens (tertiary/aromatic N) is 1. The molecule has 0 unspecified atom stereocenters. The Labute approximate surface area is 209 Å². The molecule has 0 aliphatic rings. The quantitative estimate of drug-likeness (QED) is 0.240. The second-order valence-corrected chi connectivity index (χ2v) is 7.98. The van der Waals surface area contributed by atoms with Crippen LogP contribution >= 0.6 is 11.6 Å². The molecule has 0 radical (unpaired) electrons. The summed E-state index contributed by atoms with van der Waals surface area (Å²) in [6.07, 6.45) is 2.77. The number of nitrogens with one attached hydrogen (secondary N) is 1. The van der Waals surface area contributed by atoms with Crippen LogP contribution in [0, 0.1) is 11.6 Å². The number of rotatable bonds is 8. The molecule has 0 aliphatic carbocycles. The smallest absolute Gasteiger partial charge is 0.247 e. The van der Waals surface area contributed by atoms with E-state index in [0.717, 1.165) is 12.1 Å². The summed E-state index contributed by atoms with van der Waals surface area (Å²) in [6.45, 7) is 3.44. The van der Waals surface area contributed by atoms with Crippen molar-refractivity contribution < 1.29 is 32.3 Å². The molecule has 0 atom stereocenters. The number of carbonyl (C=O) groups excluding carboxylic acids is 2. The molecule has 184 valence electrons. The second-order valence-electron chi connectivity index (χ2n) is 7.57. The molecule has 0 spiro atoms. The van der Waals surface area contributed by atoms with E-state index in [2.05, 4.69) is 16.9 Å². The average Bonchev–Trinajstić information content (AvgIpc) is 3.30. The molecule has 4 aromatic rings. The number of furan rings is 1. The maximum absolute atomic E-state index is 14.8. The van der Waals surface area contributed by atoms with E-state index in [4.69, 9.17) is 25.5 Å². The van der Waals surface area contributed by atoms with Gasteiger partial charge in [0, 0.05) is 39.8 Å². The number of hydrogen-bond acceptors (Lipinski definition) is 6. The van der Waals surface area contributed by atoms with Crippen molar-refractivity contribution >= 4 is 39.9 Å². The van der Waals surface area contributed by atoms with E-state index in [1.54, 1.807) is 24.3 Å². The van der Waals surface area contributed by atoms with Gasteiger partial charge in [0.1, 0.15) is 5.56 Å². The zero-order valence-electron chi connectivity index (χ0n) is 19.2. The Kier molecular flexibility index (Phi) is 7.03. The fraction of sp³-hybridized carbons (Fsp3) is 0.115. The highest BCUT2D eigenvalue weighted by atomic mass is 35.5. The zero-order valence-corrected chi connectivity index (χ0v) is 19.9. The lowest BCUT2D eigenvalue weighted by molar-refractivity contribution is -0.111. The van der Waals surface area contributed by atoms with Gasteiger partial charge in [0.15, 0.2) is 34.5 Å². The fourth-order valence-electron chi connectivity index (χ4n) is 3.63. The highest BCUT2D eigenvalue weighted by Gasteiger charge is 2.28. The van der Waals surface area contributed by atoms with E-state index in [-0.39, 0.29) is 29.3 Å². The van der Waals surface area contributed by atoms with E-state index in [9.17, 15) is 18.4 Å². The van der Waals surface area contributed by atoms with Crippen LogP contribution in [-0.2, 0) is 11.2 Å². The summed E-state index contributed by atoms with van der Waals surface area (Å²) in [5.74, 6) is -4.77. The van der Waals surface area contributed by atoms with Gasteiger partial charge in [-0.3, -0.25) is 14.6 Å². The molecule has 1 N–H and O–H groups in total. The minimum Gasteiger partial charge on any atom is -0.494 e. The largest absolute Gasteiger partial charge is 0.494 e. The Hall–Kier alpha value is -4.24. The van der Waals surface area contributed by atoms with E-state index >= 15 is 0 Å². The number of fused-ring (bicyclic) bond motifs is 1. The minimum absolute atomic E-state index is 0.233. The van der Waals surface area contributed by atoms with E-state index < -0.39 is 28.9 Å². The van der Waals surface area contributed by atoms with Crippen LogP contribution in [0.25, 0.3) is 11.0 Å². The predicted molar refractivity (Wildman–Crippen MR) is 130 cm³/mol. The number of pyridine rings is 1. The fourth-order valence-corrected chi connectivity index (χ4v) is 3.87. The number of halogens is 3. The predicted octanol–water partition coefficient (Wildman–Crippen LogP) is 5.72. The van der Waals surface area contributed by atoms with Gasteiger partial charge in [-0.2, -0.15) is 0 Å². The summed E-state index contributed by atoms with van der Waals surface area (Å²) >= 11 is 6.36. The first-order valence-electron chi connectivity index (χ1n) is 10.5. The van der Waals surface area contributed by atoms with Crippen molar-refractivity contribution in [3.8, 4) is 11.5 Å². The van der Waals surface area contributed by atoms with Gasteiger partial charge < -0.3 is 19.2 Å². The van der Waals surface area contributed by atoms with E-state index in [1.165, 1.54) is 26.5 Å². The van der Waals surface area contributed by atoms with Crippen molar-refractivity contribution in [3.63, 3.8) is 0 Å². The molecule has 2 heterocycles. The van der Waals surface area contributed by atoms with Gasteiger partial charge in [-0.1, -0.05) is 24.2 Å². The zero-order chi connectivity index (χ0) is 26.0. The van der Waals surface area contributed by atoms with Crippen molar-refractivity contribution in [1.82, 2.24) is 4.98 Å². The third-order valence-electron chi connectivity index (χ3n) is 5.41. The first-order chi connectivity index (χ1) is 17.3. The molecule has 4 rings (SSSR count). The lowest BCUT2D eigenvalue weighted by atomic mass is 10.0. The Morgan fingerprint density at radius 3 is 2.47 bits per heavy atom. The number of aromatic nitrogens is 1. The standard InChI is InChI=1S/C26H19ClF2N2O5/c1-4-22(32)31-17-7-5-6-16(27)15(17)10-14-8-13-9-20(36-21(13)12-30-14)26(33)23-24(28)18(34-2)11-19(35-3)25(23)29/h4-9,11-12H,1,10H2,2-3H3,(H,31,32). The van der Waals surface area contributed by atoms with Crippen molar-refractivity contribution in [1.29, 1.82) is 0 Å². The monoisotopic (exact) mass is 512 g/mol. The summed E-state index contributed by atoms with van der Waals surface area (Å²) in [4.78, 5) is 29.1. The number of benzene rings is 2. The third kappa shape index (κ3) is 4.65. The number of ether oxygens (including phenoxy) is 2. The molecular formula is C26H19ClF2N2O5. The van der Waals surface area contributed by atoms with Crippen molar-refractivity contribution in [2.75, 3.05) is 19.5 Å². The SMILES string of the molecule is C=CC(=O)Nc1cccc(Cl)c1Cc1cc2cc(C(=O)c3c(F)c(OC)cc(OC)c3F)oc2cn1. The molecule has 0 saturated heterocycles. The Balaban J connectivity index is 1.70. The molecule has 36 heavy (non-hydrogen) atoms. The number of anilines is 1. The van der Waals surface area contributed by atoms with Gasteiger partial charge in [0.05, 0.1) is 20.4 Å². The highest BCUT2D eigenvalue weighted by molar-refractivity contribution is 6.32. The van der Waals surface area contributed by atoms with Crippen molar-refractivity contribution in [3.05, 3.63) is 94.5 Å². The molecule has 0 bridgehead atoms. The van der Waals surface area contributed by atoms with Gasteiger partial charge >= 0.3 is 0 Å². The summed E-state index contributed by atoms with van der Waals surface area (Å²) in [5.41, 5.74) is 1.03. The van der Waals surface area contributed by atoms with E-state index in [0.29, 0.717) is 27.4 Å². The van der Waals surface area contributed by atoms with Crippen molar-refractivity contribution in [2.24, 2.45) is 0 Å². The van der Waals surface area contributed by atoms with Crippen LogP contribution in [0.5, 0.6) is 11.5 Å². The number of hydrogen-bond donors (Lipinski definition) is 1. The molecule has 1 amide bonds. The summed E-state index contributed by atoms with van der Waals surface area (Å²) < 4.78 is 44.9. The lowest BCUT2D eigenvalue weighted by Gasteiger charge is -2.11. The number of ketones is 1. The molecule has 0 fully saturated rings. The van der Waals surface area contributed by atoms with Gasteiger partial charge in [-0.05, 0) is 30.3 Å². The van der Waals surface area contributed by atoms with Gasteiger partial charge in [0.2, 0.25) is 11.7 Å². The molecule has 7 nitrogen and oxygen atoms in total. The average molecular weight is 513 g/mol. The summed E-state index contributed by atoms with van der Waals surface area (Å²) in [6, 6.07) is 9.09. The van der Waals surface area contributed by atoms with Crippen LogP contribution in [0.1, 0.15) is 27.4 Å².